The van der Waals surface area contributed by atoms with Crippen molar-refractivity contribution in [1.82, 2.24) is 10.2 Å². The molecule has 0 radical (unpaired) electrons. The quantitative estimate of drug-likeness (QED) is 0.162. The van der Waals surface area contributed by atoms with E-state index < -0.39 is 28.5 Å². The second-order valence-electron chi connectivity index (χ2n) is 12.3. The van der Waals surface area contributed by atoms with Crippen LogP contribution in [0.3, 0.4) is 0 Å². The highest BCUT2D eigenvalue weighted by Gasteiger charge is 2.36. The van der Waals surface area contributed by atoms with Gasteiger partial charge in [-0.1, -0.05) is 73.9 Å². The molecule has 4 aromatic rings. The molecule has 1 atom stereocenters. The van der Waals surface area contributed by atoms with E-state index in [2.05, 4.69) is 5.32 Å². The van der Waals surface area contributed by atoms with Gasteiger partial charge in [0.25, 0.3) is 10.0 Å². The molecule has 0 aromatic heterocycles. The summed E-state index contributed by atoms with van der Waals surface area (Å²) in [5, 5.41) is 3.23. The van der Waals surface area contributed by atoms with Crippen molar-refractivity contribution in [3.05, 3.63) is 114 Å². The third-order valence-electron chi connectivity index (χ3n) is 8.99. The van der Waals surface area contributed by atoms with Crippen molar-refractivity contribution in [2.75, 3.05) is 32.2 Å². The largest absolute Gasteiger partial charge is 0.497 e. The van der Waals surface area contributed by atoms with Gasteiger partial charge in [0.05, 0.1) is 31.9 Å². The van der Waals surface area contributed by atoms with Crippen molar-refractivity contribution in [1.29, 1.82) is 0 Å². The van der Waals surface area contributed by atoms with E-state index in [1.807, 2.05) is 48.5 Å². The van der Waals surface area contributed by atoms with E-state index in [9.17, 15) is 18.0 Å². The fourth-order valence-electron chi connectivity index (χ4n) is 6.29. The van der Waals surface area contributed by atoms with Crippen molar-refractivity contribution in [2.24, 2.45) is 0 Å². The topological polar surface area (TPSA) is 114 Å². The molecule has 10 nitrogen and oxygen atoms in total. The van der Waals surface area contributed by atoms with Crippen LogP contribution in [0.2, 0.25) is 0 Å². The van der Waals surface area contributed by atoms with Gasteiger partial charge >= 0.3 is 0 Å². The lowest BCUT2D eigenvalue weighted by Gasteiger charge is -2.35. The summed E-state index contributed by atoms with van der Waals surface area (Å²) in [4.78, 5) is 30.6. The fraction of sp³-hybridized carbons (Fsp3) is 0.333. The Labute approximate surface area is 295 Å². The number of hydrogen-bond donors (Lipinski definition) is 1. The first-order chi connectivity index (χ1) is 24.2. The molecule has 0 unspecified atom stereocenters. The standard InChI is InChI=1S/C39H45N3O7S/c1-47-32-21-23-34(24-22-32)50(45,46)42(35-19-10-11-20-37(35)49-3)28-38(43)41(27-30-15-12-18-33(25-30)48-2)36(26-29-13-6-4-7-14-29)39(44)40-31-16-8-5-9-17-31/h4,6-7,10-15,18-25,31,36H,5,8-9,16-17,26-28H2,1-3H3,(H,40,44)/t36-/m1/s1. The van der Waals surface area contributed by atoms with Gasteiger partial charge in [-0.05, 0) is 72.5 Å². The molecule has 1 aliphatic rings. The van der Waals surface area contributed by atoms with E-state index >= 15 is 0 Å². The molecule has 0 bridgehead atoms. The summed E-state index contributed by atoms with van der Waals surface area (Å²) in [5.74, 6) is 0.516. The number of nitrogens with zero attached hydrogens (tertiary/aromatic N) is 2. The van der Waals surface area contributed by atoms with Gasteiger partial charge in [-0.3, -0.25) is 13.9 Å². The predicted molar refractivity (Wildman–Crippen MR) is 193 cm³/mol. The molecule has 1 N–H and O–H groups in total. The van der Waals surface area contributed by atoms with Gasteiger partial charge in [-0.2, -0.15) is 0 Å². The van der Waals surface area contributed by atoms with Crippen LogP contribution in [0.4, 0.5) is 5.69 Å². The van der Waals surface area contributed by atoms with Gasteiger partial charge in [-0.25, -0.2) is 8.42 Å². The van der Waals surface area contributed by atoms with Crippen molar-refractivity contribution in [2.45, 2.75) is 62.0 Å². The van der Waals surface area contributed by atoms with E-state index in [-0.39, 0.29) is 41.2 Å². The Kier molecular flexibility index (Phi) is 12.4. The van der Waals surface area contributed by atoms with Crippen molar-refractivity contribution < 1.29 is 32.2 Å². The van der Waals surface area contributed by atoms with Gasteiger partial charge in [0.15, 0.2) is 0 Å². The summed E-state index contributed by atoms with van der Waals surface area (Å²) in [6.07, 6.45) is 5.15. The monoisotopic (exact) mass is 699 g/mol. The molecular weight excluding hydrogens is 655 g/mol. The van der Waals surface area contributed by atoms with E-state index in [0.29, 0.717) is 11.5 Å². The van der Waals surface area contributed by atoms with Crippen LogP contribution < -0.4 is 23.8 Å². The molecule has 264 valence electrons. The summed E-state index contributed by atoms with van der Waals surface area (Å²) in [7, 11) is 0.181. The van der Waals surface area contributed by atoms with Crippen LogP contribution in [0.15, 0.2) is 108 Å². The Balaban J connectivity index is 1.59. The van der Waals surface area contributed by atoms with Gasteiger partial charge in [0.2, 0.25) is 11.8 Å². The smallest absolute Gasteiger partial charge is 0.264 e. The molecule has 2 amide bonds. The van der Waals surface area contributed by atoms with Crippen LogP contribution in [-0.2, 0) is 32.6 Å². The van der Waals surface area contributed by atoms with Crippen LogP contribution in [0, 0.1) is 0 Å². The molecule has 0 spiro atoms. The number of hydrogen-bond acceptors (Lipinski definition) is 7. The van der Waals surface area contributed by atoms with Gasteiger partial charge in [0, 0.05) is 19.0 Å². The third-order valence-corrected chi connectivity index (χ3v) is 10.8. The lowest BCUT2D eigenvalue weighted by molar-refractivity contribution is -0.140. The molecule has 0 aliphatic heterocycles. The second kappa shape index (κ2) is 17.1. The second-order valence-corrected chi connectivity index (χ2v) is 14.1. The zero-order chi connectivity index (χ0) is 35.5. The maximum Gasteiger partial charge on any atom is 0.264 e. The fourth-order valence-corrected chi connectivity index (χ4v) is 7.71. The minimum atomic E-state index is -4.32. The molecular formula is C39H45N3O7S. The van der Waals surface area contributed by atoms with Gasteiger partial charge < -0.3 is 24.4 Å². The first-order valence-corrected chi connectivity index (χ1v) is 18.2. The third kappa shape index (κ3) is 8.95. The highest BCUT2D eigenvalue weighted by molar-refractivity contribution is 7.92. The first-order valence-electron chi connectivity index (χ1n) is 16.8. The van der Waals surface area contributed by atoms with E-state index in [1.165, 1.54) is 31.3 Å². The summed E-state index contributed by atoms with van der Waals surface area (Å²) in [6.45, 7) is -0.561. The van der Waals surface area contributed by atoms with E-state index in [1.54, 1.807) is 49.6 Å². The Hall–Kier alpha value is -5.03. The van der Waals surface area contributed by atoms with E-state index in [4.69, 9.17) is 14.2 Å². The van der Waals surface area contributed by atoms with Gasteiger partial charge in [-0.15, -0.1) is 0 Å². The summed E-state index contributed by atoms with van der Waals surface area (Å²) in [5.41, 5.74) is 1.78. The van der Waals surface area contributed by atoms with E-state index in [0.717, 1.165) is 47.5 Å². The molecule has 1 saturated carbocycles. The molecule has 1 aliphatic carbocycles. The number of sulfonamides is 1. The van der Waals surface area contributed by atoms with Crippen LogP contribution in [-0.4, -0.2) is 65.1 Å². The van der Waals surface area contributed by atoms with Crippen LogP contribution in [0.25, 0.3) is 0 Å². The lowest BCUT2D eigenvalue weighted by Crippen LogP contribution is -2.55. The normalized spacial score (nSPS) is 13.9. The number of benzene rings is 4. The minimum absolute atomic E-state index is 0.00354. The molecule has 4 aromatic carbocycles. The number of nitrogens with one attached hydrogen (secondary N) is 1. The summed E-state index contributed by atoms with van der Waals surface area (Å²) >= 11 is 0. The molecule has 1 fully saturated rings. The Morgan fingerprint density at radius 1 is 0.760 bits per heavy atom. The summed E-state index contributed by atoms with van der Waals surface area (Å²) in [6, 6.07) is 28.5. The van der Waals surface area contributed by atoms with Crippen LogP contribution in [0.5, 0.6) is 17.2 Å². The number of carbonyl (C=O) groups excluding carboxylic acids is 2. The molecule has 0 heterocycles. The van der Waals surface area contributed by atoms with Crippen molar-refractivity contribution >= 4 is 27.5 Å². The first kappa shape index (κ1) is 36.3. The van der Waals surface area contributed by atoms with Crippen molar-refractivity contribution in [3.8, 4) is 17.2 Å². The number of rotatable bonds is 15. The van der Waals surface area contributed by atoms with Crippen LogP contribution in [0.1, 0.15) is 43.2 Å². The summed E-state index contributed by atoms with van der Waals surface area (Å²) < 4.78 is 46.2. The molecule has 5 rings (SSSR count). The number of ether oxygens (including phenoxy) is 3. The molecule has 0 saturated heterocycles. The maximum absolute atomic E-state index is 14.8. The van der Waals surface area contributed by atoms with Gasteiger partial charge in [0.1, 0.15) is 29.8 Å². The zero-order valence-electron chi connectivity index (χ0n) is 28.8. The zero-order valence-corrected chi connectivity index (χ0v) is 29.6. The average Bonchev–Trinajstić information content (AvgIpc) is 3.16. The SMILES string of the molecule is COc1ccc(S(=O)(=O)N(CC(=O)N(Cc2cccc(OC)c2)[C@H](Cc2ccccc2)C(=O)NC2CCCCC2)c2ccccc2OC)cc1. The Morgan fingerprint density at radius 3 is 2.10 bits per heavy atom. The Bertz CT molecular complexity index is 1830. The number of para-hydroxylation sites is 2. The highest BCUT2D eigenvalue weighted by atomic mass is 32.2. The molecule has 50 heavy (non-hydrogen) atoms. The molecule has 11 heteroatoms. The highest BCUT2D eigenvalue weighted by Crippen LogP contribution is 2.33. The van der Waals surface area contributed by atoms with Crippen molar-refractivity contribution in [3.63, 3.8) is 0 Å². The number of methoxy groups -OCH3 is 3. The maximum atomic E-state index is 14.8. The Morgan fingerprint density at radius 2 is 1.42 bits per heavy atom. The lowest BCUT2D eigenvalue weighted by atomic mass is 9.94. The average molecular weight is 700 g/mol. The number of amides is 2. The number of carbonyl (C=O) groups is 2. The number of anilines is 1. The van der Waals surface area contributed by atoms with Crippen LogP contribution >= 0.6 is 0 Å². The predicted octanol–water partition coefficient (Wildman–Crippen LogP) is 6.00. The minimum Gasteiger partial charge on any atom is -0.497 e.